The topological polar surface area (TPSA) is 73.2 Å². The van der Waals surface area contributed by atoms with Crippen molar-refractivity contribution in [2.24, 2.45) is 0 Å². The molecule has 1 atom stereocenters. The molecule has 1 aliphatic heterocycles. The standard InChI is InChI=1S/C13H19N3O3/c1-9(2)16-12(17)6-5-11(15-16)13(18)14-8-10-4-3-7-19-10/h5-6,9-10H,3-4,7-8H2,1-2H3,(H,14,18). The summed E-state index contributed by atoms with van der Waals surface area (Å²) in [6.45, 7) is 4.95. The van der Waals surface area contributed by atoms with Gasteiger partial charge in [0.2, 0.25) is 0 Å². The second-order valence-corrected chi connectivity index (χ2v) is 4.94. The van der Waals surface area contributed by atoms with E-state index in [1.807, 2.05) is 13.8 Å². The van der Waals surface area contributed by atoms with Gasteiger partial charge < -0.3 is 10.1 Å². The molecule has 0 aliphatic carbocycles. The highest BCUT2D eigenvalue weighted by Gasteiger charge is 2.17. The van der Waals surface area contributed by atoms with Gasteiger partial charge in [0.25, 0.3) is 11.5 Å². The summed E-state index contributed by atoms with van der Waals surface area (Å²) in [5.41, 5.74) is 0.0528. The maximum Gasteiger partial charge on any atom is 0.271 e. The quantitative estimate of drug-likeness (QED) is 0.871. The van der Waals surface area contributed by atoms with Crippen LogP contribution in [0.2, 0.25) is 0 Å². The van der Waals surface area contributed by atoms with Crippen LogP contribution in [0.25, 0.3) is 0 Å². The molecule has 1 fully saturated rings. The molecule has 1 aromatic heterocycles. The molecular weight excluding hydrogens is 246 g/mol. The lowest BCUT2D eigenvalue weighted by atomic mass is 10.2. The molecule has 2 rings (SSSR count). The van der Waals surface area contributed by atoms with E-state index in [2.05, 4.69) is 10.4 Å². The van der Waals surface area contributed by atoms with E-state index in [4.69, 9.17) is 4.74 Å². The van der Waals surface area contributed by atoms with E-state index < -0.39 is 0 Å². The van der Waals surface area contributed by atoms with Gasteiger partial charge in [-0.25, -0.2) is 4.68 Å². The number of amides is 1. The predicted octanol–water partition coefficient (Wildman–Crippen LogP) is 0.733. The Morgan fingerprint density at radius 2 is 2.37 bits per heavy atom. The van der Waals surface area contributed by atoms with Gasteiger partial charge in [-0.05, 0) is 32.8 Å². The van der Waals surface area contributed by atoms with E-state index in [0.29, 0.717) is 6.54 Å². The summed E-state index contributed by atoms with van der Waals surface area (Å²) in [4.78, 5) is 23.5. The minimum atomic E-state index is -0.273. The first kappa shape index (κ1) is 13.7. The summed E-state index contributed by atoms with van der Waals surface area (Å²) in [6.07, 6.45) is 2.11. The summed E-state index contributed by atoms with van der Waals surface area (Å²) in [6, 6.07) is 2.75. The Bertz CT molecular complexity index is 504. The zero-order valence-electron chi connectivity index (χ0n) is 11.3. The summed E-state index contributed by atoms with van der Waals surface area (Å²) >= 11 is 0. The van der Waals surface area contributed by atoms with Crippen molar-refractivity contribution in [1.82, 2.24) is 15.1 Å². The zero-order valence-corrected chi connectivity index (χ0v) is 11.3. The van der Waals surface area contributed by atoms with Gasteiger partial charge in [0.1, 0.15) is 5.69 Å². The number of carbonyl (C=O) groups excluding carboxylic acids is 1. The number of rotatable bonds is 4. The van der Waals surface area contributed by atoms with Crippen molar-refractivity contribution < 1.29 is 9.53 Å². The average Bonchev–Trinajstić information content (AvgIpc) is 2.89. The van der Waals surface area contributed by atoms with Crippen LogP contribution < -0.4 is 10.9 Å². The van der Waals surface area contributed by atoms with Crippen molar-refractivity contribution in [3.63, 3.8) is 0 Å². The molecule has 0 bridgehead atoms. The van der Waals surface area contributed by atoms with Crippen LogP contribution >= 0.6 is 0 Å². The largest absolute Gasteiger partial charge is 0.376 e. The van der Waals surface area contributed by atoms with Crippen molar-refractivity contribution in [2.75, 3.05) is 13.2 Å². The van der Waals surface area contributed by atoms with Crippen LogP contribution in [0.5, 0.6) is 0 Å². The molecule has 6 heteroatoms. The molecule has 1 saturated heterocycles. The third-order valence-corrected chi connectivity index (χ3v) is 3.06. The highest BCUT2D eigenvalue weighted by atomic mass is 16.5. The van der Waals surface area contributed by atoms with E-state index in [1.54, 1.807) is 0 Å². The molecule has 0 radical (unpaired) electrons. The molecule has 1 N–H and O–H groups in total. The minimum Gasteiger partial charge on any atom is -0.376 e. The van der Waals surface area contributed by atoms with E-state index in [1.165, 1.54) is 16.8 Å². The summed E-state index contributed by atoms with van der Waals surface area (Å²) < 4.78 is 6.74. The van der Waals surface area contributed by atoms with E-state index in [-0.39, 0.29) is 29.3 Å². The molecule has 2 heterocycles. The van der Waals surface area contributed by atoms with Gasteiger partial charge in [0, 0.05) is 19.2 Å². The second-order valence-electron chi connectivity index (χ2n) is 4.94. The van der Waals surface area contributed by atoms with Gasteiger partial charge in [0.15, 0.2) is 0 Å². The van der Waals surface area contributed by atoms with Gasteiger partial charge >= 0.3 is 0 Å². The van der Waals surface area contributed by atoms with Crippen molar-refractivity contribution in [2.45, 2.75) is 38.8 Å². The molecule has 0 spiro atoms. The molecular formula is C13H19N3O3. The van der Waals surface area contributed by atoms with Gasteiger partial charge in [-0.15, -0.1) is 0 Å². The lowest BCUT2D eigenvalue weighted by Crippen LogP contribution is -2.34. The normalized spacial score (nSPS) is 18.8. The Morgan fingerprint density at radius 1 is 1.58 bits per heavy atom. The van der Waals surface area contributed by atoms with E-state index in [9.17, 15) is 9.59 Å². The van der Waals surface area contributed by atoms with Crippen molar-refractivity contribution in [1.29, 1.82) is 0 Å². The monoisotopic (exact) mass is 265 g/mol. The Labute approximate surface area is 111 Å². The molecule has 104 valence electrons. The van der Waals surface area contributed by atoms with Crippen LogP contribution in [0.1, 0.15) is 43.2 Å². The number of nitrogens with zero attached hydrogens (tertiary/aromatic N) is 2. The fraction of sp³-hybridized carbons (Fsp3) is 0.615. The number of ether oxygens (including phenoxy) is 1. The Kier molecular flexibility index (Phi) is 4.31. The highest BCUT2D eigenvalue weighted by Crippen LogP contribution is 2.10. The first-order valence-corrected chi connectivity index (χ1v) is 6.57. The first-order chi connectivity index (χ1) is 9.08. The summed E-state index contributed by atoms with van der Waals surface area (Å²) in [5.74, 6) is -0.273. The molecule has 19 heavy (non-hydrogen) atoms. The van der Waals surface area contributed by atoms with Crippen molar-refractivity contribution >= 4 is 5.91 Å². The van der Waals surface area contributed by atoms with Crippen LogP contribution in [-0.4, -0.2) is 34.9 Å². The maximum atomic E-state index is 11.9. The molecule has 1 aliphatic rings. The van der Waals surface area contributed by atoms with Gasteiger partial charge in [-0.3, -0.25) is 9.59 Å². The predicted molar refractivity (Wildman–Crippen MR) is 70.2 cm³/mol. The van der Waals surface area contributed by atoms with Crippen LogP contribution in [0, 0.1) is 0 Å². The van der Waals surface area contributed by atoms with Gasteiger partial charge in [-0.1, -0.05) is 0 Å². The lowest BCUT2D eigenvalue weighted by molar-refractivity contribution is 0.0851. The van der Waals surface area contributed by atoms with E-state index in [0.717, 1.165) is 19.4 Å². The zero-order chi connectivity index (χ0) is 13.8. The number of aromatic nitrogens is 2. The van der Waals surface area contributed by atoms with Gasteiger partial charge in [0.05, 0.1) is 12.1 Å². The molecule has 1 unspecified atom stereocenters. The number of hydrogen-bond acceptors (Lipinski definition) is 4. The first-order valence-electron chi connectivity index (χ1n) is 6.57. The average molecular weight is 265 g/mol. The number of hydrogen-bond donors (Lipinski definition) is 1. The van der Waals surface area contributed by atoms with Crippen LogP contribution in [0.15, 0.2) is 16.9 Å². The Balaban J connectivity index is 2.02. The van der Waals surface area contributed by atoms with Crippen LogP contribution in [-0.2, 0) is 4.74 Å². The number of carbonyl (C=O) groups is 1. The third kappa shape index (κ3) is 3.41. The fourth-order valence-electron chi connectivity index (χ4n) is 2.02. The molecule has 1 aromatic rings. The van der Waals surface area contributed by atoms with Crippen LogP contribution in [0.4, 0.5) is 0 Å². The fourth-order valence-corrected chi connectivity index (χ4v) is 2.02. The Hall–Kier alpha value is -1.69. The van der Waals surface area contributed by atoms with E-state index >= 15 is 0 Å². The molecule has 0 aromatic carbocycles. The van der Waals surface area contributed by atoms with Gasteiger partial charge in [-0.2, -0.15) is 5.10 Å². The smallest absolute Gasteiger partial charge is 0.271 e. The molecule has 1 amide bonds. The van der Waals surface area contributed by atoms with Crippen LogP contribution in [0.3, 0.4) is 0 Å². The highest BCUT2D eigenvalue weighted by molar-refractivity contribution is 5.91. The summed E-state index contributed by atoms with van der Waals surface area (Å²) in [5, 5.41) is 6.85. The molecule has 0 saturated carbocycles. The van der Waals surface area contributed by atoms with Crippen molar-refractivity contribution in [3.8, 4) is 0 Å². The van der Waals surface area contributed by atoms with Crippen molar-refractivity contribution in [3.05, 3.63) is 28.2 Å². The lowest BCUT2D eigenvalue weighted by Gasteiger charge is -2.12. The molecule has 6 nitrogen and oxygen atoms in total. The third-order valence-electron chi connectivity index (χ3n) is 3.06. The second kappa shape index (κ2) is 5.97. The minimum absolute atomic E-state index is 0.0709. The summed E-state index contributed by atoms with van der Waals surface area (Å²) in [7, 11) is 0. The maximum absolute atomic E-state index is 11.9. The SMILES string of the molecule is CC(C)n1nc(C(=O)NCC2CCCO2)ccc1=O. The number of nitrogens with one attached hydrogen (secondary N) is 1. The Morgan fingerprint density at radius 3 is 3.00 bits per heavy atom.